The average molecular weight is 256 g/mol. The maximum atomic E-state index is 12.0. The summed E-state index contributed by atoms with van der Waals surface area (Å²) in [5.74, 6) is 2.62. The normalized spacial score (nSPS) is 27.9. The third-order valence-electron chi connectivity index (χ3n) is 3.74. The van der Waals surface area contributed by atoms with Gasteiger partial charge < -0.3 is 10.6 Å². The summed E-state index contributed by atoms with van der Waals surface area (Å²) in [6.07, 6.45) is 7.36. The first-order valence-electron chi connectivity index (χ1n) is 6.90. The van der Waals surface area contributed by atoms with Crippen molar-refractivity contribution in [3.63, 3.8) is 0 Å². The highest BCUT2D eigenvalue weighted by molar-refractivity contribution is 7.99. The van der Waals surface area contributed by atoms with Crippen LogP contribution in [0.25, 0.3) is 0 Å². The van der Waals surface area contributed by atoms with E-state index >= 15 is 0 Å². The van der Waals surface area contributed by atoms with E-state index in [1.807, 2.05) is 18.7 Å². The Kier molecular flexibility index (Phi) is 5.16. The van der Waals surface area contributed by atoms with Gasteiger partial charge in [0, 0.05) is 17.8 Å². The Bertz CT molecular complexity index is 248. The molecule has 1 heterocycles. The molecule has 0 aromatic heterocycles. The molecule has 1 amide bonds. The molecule has 98 valence electrons. The van der Waals surface area contributed by atoms with Gasteiger partial charge in [-0.05, 0) is 38.4 Å². The molecule has 1 aliphatic carbocycles. The van der Waals surface area contributed by atoms with Crippen LogP contribution in [0.5, 0.6) is 0 Å². The minimum atomic E-state index is -0.0423. The summed E-state index contributed by atoms with van der Waals surface area (Å²) in [7, 11) is 0. The van der Waals surface area contributed by atoms with Crippen LogP contribution < -0.4 is 10.6 Å². The van der Waals surface area contributed by atoms with Crippen molar-refractivity contribution in [1.82, 2.24) is 10.6 Å². The van der Waals surface area contributed by atoms with E-state index in [2.05, 4.69) is 10.6 Å². The number of rotatable bonds is 4. The van der Waals surface area contributed by atoms with E-state index < -0.39 is 0 Å². The van der Waals surface area contributed by atoms with E-state index in [1.165, 1.54) is 31.4 Å². The van der Waals surface area contributed by atoms with Crippen LogP contribution in [0.2, 0.25) is 0 Å². The van der Waals surface area contributed by atoms with Gasteiger partial charge in [0.25, 0.3) is 0 Å². The molecule has 3 nitrogen and oxygen atoms in total. The fraction of sp³-hybridized carbons (Fsp3) is 0.923. The number of hydrogen-bond acceptors (Lipinski definition) is 3. The topological polar surface area (TPSA) is 41.1 Å². The largest absolute Gasteiger partial charge is 0.352 e. The maximum Gasteiger partial charge on any atom is 0.237 e. The summed E-state index contributed by atoms with van der Waals surface area (Å²) >= 11 is 2.00. The first kappa shape index (κ1) is 13.2. The summed E-state index contributed by atoms with van der Waals surface area (Å²) in [6.45, 7) is 1.99. The van der Waals surface area contributed by atoms with Crippen LogP contribution in [0.4, 0.5) is 0 Å². The molecule has 0 bridgehead atoms. The quantitative estimate of drug-likeness (QED) is 0.807. The molecule has 17 heavy (non-hydrogen) atoms. The van der Waals surface area contributed by atoms with Gasteiger partial charge in [-0.1, -0.05) is 12.8 Å². The Morgan fingerprint density at radius 3 is 2.53 bits per heavy atom. The van der Waals surface area contributed by atoms with Crippen molar-refractivity contribution in [2.75, 3.05) is 11.5 Å². The third kappa shape index (κ3) is 4.18. The SMILES string of the molecule is CC(NC1CCCSC1)C(=O)NC1CCCC1. The van der Waals surface area contributed by atoms with Crippen LogP contribution in [-0.4, -0.2) is 35.5 Å². The van der Waals surface area contributed by atoms with Crippen molar-refractivity contribution in [2.24, 2.45) is 0 Å². The zero-order chi connectivity index (χ0) is 12.1. The Morgan fingerprint density at radius 1 is 1.18 bits per heavy atom. The molecule has 2 rings (SSSR count). The molecule has 1 aliphatic heterocycles. The van der Waals surface area contributed by atoms with Crippen LogP contribution in [0.15, 0.2) is 0 Å². The van der Waals surface area contributed by atoms with E-state index in [0.717, 1.165) is 18.6 Å². The minimum absolute atomic E-state index is 0.0423. The molecule has 2 unspecified atom stereocenters. The fourth-order valence-electron chi connectivity index (χ4n) is 2.70. The summed E-state index contributed by atoms with van der Waals surface area (Å²) in [5.41, 5.74) is 0. The Balaban J connectivity index is 1.70. The van der Waals surface area contributed by atoms with Gasteiger partial charge in [-0.25, -0.2) is 0 Å². The molecule has 2 aliphatic rings. The zero-order valence-corrected chi connectivity index (χ0v) is 11.5. The maximum absolute atomic E-state index is 12.0. The number of amides is 1. The van der Waals surface area contributed by atoms with Crippen molar-refractivity contribution < 1.29 is 4.79 Å². The summed E-state index contributed by atoms with van der Waals surface area (Å²) in [4.78, 5) is 12.0. The van der Waals surface area contributed by atoms with Gasteiger partial charge in [-0.3, -0.25) is 4.79 Å². The predicted octanol–water partition coefficient (Wildman–Crippen LogP) is 1.92. The highest BCUT2D eigenvalue weighted by Gasteiger charge is 2.23. The molecule has 0 spiro atoms. The van der Waals surface area contributed by atoms with Gasteiger partial charge in [0.1, 0.15) is 0 Å². The predicted molar refractivity (Wildman–Crippen MR) is 73.3 cm³/mol. The van der Waals surface area contributed by atoms with E-state index in [1.54, 1.807) is 0 Å². The molecule has 0 radical (unpaired) electrons. The van der Waals surface area contributed by atoms with Crippen LogP contribution >= 0.6 is 11.8 Å². The summed E-state index contributed by atoms with van der Waals surface area (Å²) in [6, 6.07) is 0.921. The highest BCUT2D eigenvalue weighted by atomic mass is 32.2. The monoisotopic (exact) mass is 256 g/mol. The van der Waals surface area contributed by atoms with Gasteiger partial charge in [0.2, 0.25) is 5.91 Å². The molecular formula is C13H24N2OS. The Hall–Kier alpha value is -0.220. The van der Waals surface area contributed by atoms with Gasteiger partial charge in [-0.15, -0.1) is 0 Å². The number of carbonyl (C=O) groups excluding carboxylic acids is 1. The minimum Gasteiger partial charge on any atom is -0.352 e. The number of carbonyl (C=O) groups is 1. The van der Waals surface area contributed by atoms with Crippen molar-refractivity contribution in [3.05, 3.63) is 0 Å². The van der Waals surface area contributed by atoms with Crippen molar-refractivity contribution in [1.29, 1.82) is 0 Å². The number of nitrogens with one attached hydrogen (secondary N) is 2. The van der Waals surface area contributed by atoms with Crippen molar-refractivity contribution in [3.8, 4) is 0 Å². The second-order valence-corrected chi connectivity index (χ2v) is 6.44. The number of hydrogen-bond donors (Lipinski definition) is 2. The van der Waals surface area contributed by atoms with Crippen LogP contribution in [0.1, 0.15) is 45.4 Å². The lowest BCUT2D eigenvalue weighted by atomic mass is 10.1. The molecule has 1 saturated carbocycles. The Labute approximate surface area is 108 Å². The van der Waals surface area contributed by atoms with Gasteiger partial charge in [0.15, 0.2) is 0 Å². The third-order valence-corrected chi connectivity index (χ3v) is 4.96. The van der Waals surface area contributed by atoms with Crippen LogP contribution in [0, 0.1) is 0 Å². The summed E-state index contributed by atoms with van der Waals surface area (Å²) in [5, 5.41) is 6.62. The van der Waals surface area contributed by atoms with E-state index in [-0.39, 0.29) is 11.9 Å². The fourth-order valence-corrected chi connectivity index (χ4v) is 3.78. The molecule has 0 aromatic rings. The second-order valence-electron chi connectivity index (χ2n) is 5.29. The van der Waals surface area contributed by atoms with Crippen molar-refractivity contribution in [2.45, 2.75) is 63.6 Å². The zero-order valence-electron chi connectivity index (χ0n) is 10.7. The second kappa shape index (κ2) is 6.64. The first-order valence-corrected chi connectivity index (χ1v) is 8.05. The van der Waals surface area contributed by atoms with Crippen LogP contribution in [0.3, 0.4) is 0 Å². The van der Waals surface area contributed by atoms with E-state index in [0.29, 0.717) is 12.1 Å². The number of thioether (sulfide) groups is 1. The molecule has 2 atom stereocenters. The molecule has 4 heteroatoms. The van der Waals surface area contributed by atoms with Crippen molar-refractivity contribution >= 4 is 17.7 Å². The lowest BCUT2D eigenvalue weighted by Crippen LogP contribution is -2.50. The smallest absolute Gasteiger partial charge is 0.237 e. The summed E-state index contributed by atoms with van der Waals surface area (Å²) < 4.78 is 0. The molecule has 2 fully saturated rings. The van der Waals surface area contributed by atoms with Gasteiger partial charge >= 0.3 is 0 Å². The molecule has 1 saturated heterocycles. The molecular weight excluding hydrogens is 232 g/mol. The standard InChI is InChI=1S/C13H24N2OS/c1-10(14-12-7-4-8-17-9-12)13(16)15-11-5-2-3-6-11/h10-12,14H,2-9H2,1H3,(H,15,16). The highest BCUT2D eigenvalue weighted by Crippen LogP contribution is 2.19. The molecule has 0 aromatic carbocycles. The van der Waals surface area contributed by atoms with Gasteiger partial charge in [0.05, 0.1) is 6.04 Å². The lowest BCUT2D eigenvalue weighted by molar-refractivity contribution is -0.123. The lowest BCUT2D eigenvalue weighted by Gasteiger charge is -2.26. The van der Waals surface area contributed by atoms with Gasteiger partial charge in [-0.2, -0.15) is 11.8 Å². The van der Waals surface area contributed by atoms with E-state index in [9.17, 15) is 4.79 Å². The first-order chi connectivity index (χ1) is 8.25. The average Bonchev–Trinajstić information content (AvgIpc) is 2.83. The molecule has 2 N–H and O–H groups in total. The van der Waals surface area contributed by atoms with E-state index in [4.69, 9.17) is 0 Å². The Morgan fingerprint density at radius 2 is 1.88 bits per heavy atom. The van der Waals surface area contributed by atoms with Crippen LogP contribution in [-0.2, 0) is 4.79 Å².